The fraction of sp³-hybridized carbons (Fsp3) is 0.222. The summed E-state index contributed by atoms with van der Waals surface area (Å²) in [7, 11) is 1.90. The van der Waals surface area contributed by atoms with Gasteiger partial charge in [-0.3, -0.25) is 4.79 Å². The van der Waals surface area contributed by atoms with Gasteiger partial charge in [-0.1, -0.05) is 12.1 Å². The first kappa shape index (κ1) is 15.6. The Bertz CT molecular complexity index is 714. The number of aryl methyl sites for hydroxylation is 2. The van der Waals surface area contributed by atoms with Gasteiger partial charge in [-0.25, -0.2) is 0 Å². The summed E-state index contributed by atoms with van der Waals surface area (Å²) in [6, 6.07) is 15.1. The van der Waals surface area contributed by atoms with Gasteiger partial charge in [0.15, 0.2) is 0 Å². The number of rotatable bonds is 4. The van der Waals surface area contributed by atoms with Crippen molar-refractivity contribution < 1.29 is 4.79 Å². The van der Waals surface area contributed by atoms with Gasteiger partial charge in [0.2, 0.25) is 5.91 Å². The number of amides is 1. The lowest BCUT2D eigenvalue weighted by molar-refractivity contribution is -0.114. The molecule has 1 amide bonds. The Morgan fingerprint density at radius 2 is 1.86 bits per heavy atom. The Labute approximate surface area is 131 Å². The van der Waals surface area contributed by atoms with E-state index in [1.54, 1.807) is 24.3 Å². The van der Waals surface area contributed by atoms with E-state index in [0.29, 0.717) is 11.3 Å². The lowest BCUT2D eigenvalue weighted by atomic mass is 10.1. The van der Waals surface area contributed by atoms with Crippen LogP contribution in [0.4, 0.5) is 11.4 Å². The lowest BCUT2D eigenvalue weighted by Crippen LogP contribution is -2.30. The number of nitrogens with one attached hydrogen (secondary N) is 1. The van der Waals surface area contributed by atoms with Gasteiger partial charge in [-0.15, -0.1) is 0 Å². The van der Waals surface area contributed by atoms with Gasteiger partial charge in [0.25, 0.3) is 0 Å². The van der Waals surface area contributed by atoms with Crippen LogP contribution in [-0.2, 0) is 4.79 Å². The number of nitriles is 1. The maximum Gasteiger partial charge on any atom is 0.243 e. The number of anilines is 2. The van der Waals surface area contributed by atoms with Crippen LogP contribution < -0.4 is 10.2 Å². The molecular weight excluding hydrogens is 274 g/mol. The predicted octanol–water partition coefficient (Wildman–Crippen LogP) is 3.25. The van der Waals surface area contributed by atoms with Crippen molar-refractivity contribution in [1.29, 1.82) is 5.26 Å². The summed E-state index contributed by atoms with van der Waals surface area (Å²) in [5.41, 5.74) is 4.62. The van der Waals surface area contributed by atoms with Crippen molar-refractivity contribution in [2.75, 3.05) is 23.8 Å². The minimum atomic E-state index is -0.0897. The van der Waals surface area contributed by atoms with Crippen LogP contribution >= 0.6 is 0 Å². The third-order valence-corrected chi connectivity index (χ3v) is 3.45. The number of likely N-dealkylation sites (N-methyl/N-ethyl adjacent to an activating group) is 1. The van der Waals surface area contributed by atoms with Crippen molar-refractivity contribution in [3.63, 3.8) is 0 Å². The Morgan fingerprint density at radius 1 is 1.18 bits per heavy atom. The minimum Gasteiger partial charge on any atom is -0.365 e. The average molecular weight is 293 g/mol. The molecule has 22 heavy (non-hydrogen) atoms. The molecule has 0 fully saturated rings. The third kappa shape index (κ3) is 3.86. The van der Waals surface area contributed by atoms with Crippen LogP contribution in [0.15, 0.2) is 42.5 Å². The van der Waals surface area contributed by atoms with E-state index in [2.05, 4.69) is 29.6 Å². The largest absolute Gasteiger partial charge is 0.365 e. The molecule has 1 N–H and O–H groups in total. The first-order chi connectivity index (χ1) is 10.5. The highest BCUT2D eigenvalue weighted by atomic mass is 16.2. The van der Waals surface area contributed by atoms with Crippen molar-refractivity contribution >= 4 is 17.3 Å². The van der Waals surface area contributed by atoms with E-state index in [1.165, 1.54) is 5.56 Å². The van der Waals surface area contributed by atoms with E-state index in [9.17, 15) is 4.79 Å². The molecule has 2 aromatic rings. The van der Waals surface area contributed by atoms with E-state index >= 15 is 0 Å². The monoisotopic (exact) mass is 293 g/mol. The van der Waals surface area contributed by atoms with E-state index in [-0.39, 0.29) is 12.5 Å². The summed E-state index contributed by atoms with van der Waals surface area (Å²) in [5, 5.41) is 11.6. The molecule has 0 aliphatic rings. The van der Waals surface area contributed by atoms with Gasteiger partial charge in [-0.2, -0.15) is 5.26 Å². The summed E-state index contributed by atoms with van der Waals surface area (Å²) in [4.78, 5) is 14.1. The van der Waals surface area contributed by atoms with Crippen LogP contribution in [0.5, 0.6) is 0 Å². The smallest absolute Gasteiger partial charge is 0.243 e. The van der Waals surface area contributed by atoms with Crippen molar-refractivity contribution in [2.45, 2.75) is 13.8 Å². The molecule has 112 valence electrons. The first-order valence-corrected chi connectivity index (χ1v) is 7.08. The first-order valence-electron chi connectivity index (χ1n) is 7.08. The predicted molar refractivity (Wildman–Crippen MR) is 89.0 cm³/mol. The van der Waals surface area contributed by atoms with E-state index in [1.807, 2.05) is 25.8 Å². The molecule has 0 saturated carbocycles. The Hall–Kier alpha value is -2.80. The van der Waals surface area contributed by atoms with Gasteiger partial charge in [0, 0.05) is 18.4 Å². The number of hydrogen-bond donors (Lipinski definition) is 1. The van der Waals surface area contributed by atoms with Crippen LogP contribution in [-0.4, -0.2) is 19.5 Å². The molecule has 0 bridgehead atoms. The molecule has 0 saturated heterocycles. The summed E-state index contributed by atoms with van der Waals surface area (Å²) < 4.78 is 0. The molecule has 0 spiro atoms. The average Bonchev–Trinajstić information content (AvgIpc) is 2.50. The Morgan fingerprint density at radius 3 is 2.50 bits per heavy atom. The van der Waals surface area contributed by atoms with E-state index < -0.39 is 0 Å². The highest BCUT2D eigenvalue weighted by molar-refractivity contribution is 5.94. The number of carbonyl (C=O) groups excluding carboxylic acids is 1. The number of benzene rings is 2. The summed E-state index contributed by atoms with van der Waals surface area (Å²) in [5.74, 6) is -0.0897. The maximum atomic E-state index is 12.1. The van der Waals surface area contributed by atoms with Crippen molar-refractivity contribution in [2.24, 2.45) is 0 Å². The zero-order chi connectivity index (χ0) is 16.1. The highest BCUT2D eigenvalue weighted by Crippen LogP contribution is 2.20. The molecule has 0 unspecified atom stereocenters. The second kappa shape index (κ2) is 6.77. The molecular formula is C18H19N3O. The van der Waals surface area contributed by atoms with Crippen molar-refractivity contribution in [3.05, 3.63) is 59.2 Å². The zero-order valence-corrected chi connectivity index (χ0v) is 13.1. The van der Waals surface area contributed by atoms with Gasteiger partial charge in [0.1, 0.15) is 0 Å². The molecule has 0 aromatic heterocycles. The summed E-state index contributed by atoms with van der Waals surface area (Å²) in [6.45, 7) is 4.34. The molecule has 4 nitrogen and oxygen atoms in total. The second-order valence-corrected chi connectivity index (χ2v) is 5.38. The maximum absolute atomic E-state index is 12.1. The molecule has 0 heterocycles. The molecule has 0 aliphatic carbocycles. The van der Waals surface area contributed by atoms with Gasteiger partial charge in [-0.05, 0) is 55.3 Å². The van der Waals surface area contributed by atoms with Gasteiger partial charge >= 0.3 is 0 Å². The van der Waals surface area contributed by atoms with Crippen LogP contribution in [0.3, 0.4) is 0 Å². The molecule has 4 heteroatoms. The standard InChI is InChI=1S/C18H19N3O/c1-13-4-5-14(2)17(10-13)21(3)12-18(22)20-16-8-6-15(11-19)7-9-16/h4-10H,12H2,1-3H3,(H,20,22). The molecule has 2 aromatic carbocycles. The summed E-state index contributed by atoms with van der Waals surface area (Å²) in [6.07, 6.45) is 0. The quantitative estimate of drug-likeness (QED) is 0.941. The van der Waals surface area contributed by atoms with Crippen LogP contribution in [0, 0.1) is 25.2 Å². The van der Waals surface area contributed by atoms with E-state index in [4.69, 9.17) is 5.26 Å². The fourth-order valence-corrected chi connectivity index (χ4v) is 2.26. The van der Waals surface area contributed by atoms with Crippen LogP contribution in [0.1, 0.15) is 16.7 Å². The second-order valence-electron chi connectivity index (χ2n) is 5.38. The van der Waals surface area contributed by atoms with Gasteiger partial charge < -0.3 is 10.2 Å². The van der Waals surface area contributed by atoms with Gasteiger partial charge in [0.05, 0.1) is 18.2 Å². The van der Waals surface area contributed by atoms with Crippen LogP contribution in [0.2, 0.25) is 0 Å². The topological polar surface area (TPSA) is 56.1 Å². The van der Waals surface area contributed by atoms with E-state index in [0.717, 1.165) is 11.3 Å². The Kier molecular flexibility index (Phi) is 4.80. The van der Waals surface area contributed by atoms with Crippen LogP contribution in [0.25, 0.3) is 0 Å². The fourth-order valence-electron chi connectivity index (χ4n) is 2.26. The zero-order valence-electron chi connectivity index (χ0n) is 13.1. The summed E-state index contributed by atoms with van der Waals surface area (Å²) >= 11 is 0. The number of carbonyl (C=O) groups is 1. The van der Waals surface area contributed by atoms with Crippen molar-refractivity contribution in [1.82, 2.24) is 0 Å². The van der Waals surface area contributed by atoms with Crippen molar-refractivity contribution in [3.8, 4) is 6.07 Å². The molecule has 0 atom stereocenters. The lowest BCUT2D eigenvalue weighted by Gasteiger charge is -2.21. The molecule has 0 radical (unpaired) electrons. The SMILES string of the molecule is Cc1ccc(C)c(N(C)CC(=O)Nc2ccc(C#N)cc2)c1. The normalized spacial score (nSPS) is 9.91. The Balaban J connectivity index is 2.01. The minimum absolute atomic E-state index is 0.0897. The molecule has 2 rings (SSSR count). The number of nitrogens with zero attached hydrogens (tertiary/aromatic N) is 2. The molecule has 0 aliphatic heterocycles. The highest BCUT2D eigenvalue weighted by Gasteiger charge is 2.10. The number of hydrogen-bond acceptors (Lipinski definition) is 3. The third-order valence-electron chi connectivity index (χ3n) is 3.45.